The van der Waals surface area contributed by atoms with Gasteiger partial charge in [-0.2, -0.15) is 0 Å². The Labute approximate surface area is 81.7 Å². The summed E-state index contributed by atoms with van der Waals surface area (Å²) in [5.41, 5.74) is 0.114. The van der Waals surface area contributed by atoms with Crippen molar-refractivity contribution in [3.8, 4) is 0 Å². The molecule has 0 bridgehead atoms. The predicted molar refractivity (Wildman–Crippen MR) is 55.7 cm³/mol. The molecule has 0 heterocycles. The van der Waals surface area contributed by atoms with E-state index in [2.05, 4.69) is 26.1 Å². The van der Waals surface area contributed by atoms with Crippen molar-refractivity contribution in [1.82, 2.24) is 5.32 Å². The molecule has 2 heteroatoms. The van der Waals surface area contributed by atoms with Crippen molar-refractivity contribution in [3.63, 3.8) is 0 Å². The van der Waals surface area contributed by atoms with Crippen molar-refractivity contribution in [3.05, 3.63) is 0 Å². The topological polar surface area (TPSA) is 32.3 Å². The van der Waals surface area contributed by atoms with Crippen molar-refractivity contribution in [2.24, 2.45) is 5.41 Å². The maximum atomic E-state index is 9.90. The Balaban J connectivity index is 2.42. The summed E-state index contributed by atoms with van der Waals surface area (Å²) in [4.78, 5) is 0. The summed E-state index contributed by atoms with van der Waals surface area (Å²) in [6.07, 6.45) is 4.50. The predicted octanol–water partition coefficient (Wildman–Crippen LogP) is 1.93. The number of hydrogen-bond acceptors (Lipinski definition) is 2. The fourth-order valence-electron chi connectivity index (χ4n) is 2.03. The Kier molecular flexibility index (Phi) is 3.74. The van der Waals surface area contributed by atoms with E-state index < -0.39 is 0 Å². The minimum absolute atomic E-state index is 0.104. The maximum Gasteiger partial charge on any atom is 0.0605 e. The summed E-state index contributed by atoms with van der Waals surface area (Å²) < 4.78 is 0. The van der Waals surface area contributed by atoms with Crippen LogP contribution in [-0.4, -0.2) is 23.8 Å². The van der Waals surface area contributed by atoms with Crippen LogP contribution in [0.1, 0.15) is 46.5 Å². The zero-order chi connectivity index (χ0) is 9.90. The van der Waals surface area contributed by atoms with E-state index in [9.17, 15) is 5.11 Å². The molecule has 13 heavy (non-hydrogen) atoms. The molecule has 0 aromatic heterocycles. The molecule has 2 N–H and O–H groups in total. The fraction of sp³-hybridized carbons (Fsp3) is 1.00. The van der Waals surface area contributed by atoms with Crippen LogP contribution < -0.4 is 5.32 Å². The van der Waals surface area contributed by atoms with Gasteiger partial charge in [-0.25, -0.2) is 0 Å². The number of aliphatic hydroxyl groups is 1. The molecular formula is C11H23NO. The molecule has 2 unspecified atom stereocenters. The van der Waals surface area contributed by atoms with Gasteiger partial charge in [-0.3, -0.25) is 0 Å². The van der Waals surface area contributed by atoms with E-state index in [4.69, 9.17) is 0 Å². The molecular weight excluding hydrogens is 162 g/mol. The smallest absolute Gasteiger partial charge is 0.0605 e. The van der Waals surface area contributed by atoms with Crippen LogP contribution >= 0.6 is 0 Å². The minimum Gasteiger partial charge on any atom is -0.393 e. The van der Waals surface area contributed by atoms with Gasteiger partial charge >= 0.3 is 0 Å². The van der Waals surface area contributed by atoms with Gasteiger partial charge < -0.3 is 10.4 Å². The van der Waals surface area contributed by atoms with Crippen molar-refractivity contribution in [1.29, 1.82) is 0 Å². The van der Waals surface area contributed by atoms with Gasteiger partial charge in [0.2, 0.25) is 0 Å². The zero-order valence-electron chi connectivity index (χ0n) is 9.14. The molecule has 0 spiro atoms. The van der Waals surface area contributed by atoms with E-state index in [0.29, 0.717) is 6.04 Å². The molecule has 0 aliphatic heterocycles. The van der Waals surface area contributed by atoms with Crippen molar-refractivity contribution in [2.45, 2.75) is 58.6 Å². The second-order valence-corrected chi connectivity index (χ2v) is 4.95. The molecule has 0 aromatic carbocycles. The van der Waals surface area contributed by atoms with Crippen LogP contribution in [0.2, 0.25) is 0 Å². The van der Waals surface area contributed by atoms with Gasteiger partial charge in [-0.15, -0.1) is 0 Å². The van der Waals surface area contributed by atoms with Gasteiger partial charge in [0.05, 0.1) is 6.10 Å². The van der Waals surface area contributed by atoms with Gasteiger partial charge in [-0.1, -0.05) is 33.6 Å². The molecule has 0 saturated heterocycles. The van der Waals surface area contributed by atoms with Gasteiger partial charge in [0.1, 0.15) is 0 Å². The normalized spacial score (nSPS) is 35.3. The highest BCUT2D eigenvalue weighted by atomic mass is 16.3. The quantitative estimate of drug-likeness (QED) is 0.704. The third-order valence-electron chi connectivity index (χ3n) is 3.19. The first-order chi connectivity index (χ1) is 6.04. The number of aliphatic hydroxyl groups excluding tert-OH is 1. The lowest BCUT2D eigenvalue weighted by Crippen LogP contribution is -2.45. The van der Waals surface area contributed by atoms with Gasteiger partial charge in [0.25, 0.3) is 0 Å². The molecule has 1 rings (SSSR count). The van der Waals surface area contributed by atoms with Crippen molar-refractivity contribution in [2.75, 3.05) is 6.54 Å². The van der Waals surface area contributed by atoms with Crippen LogP contribution in [0.15, 0.2) is 0 Å². The van der Waals surface area contributed by atoms with Crippen LogP contribution in [0.3, 0.4) is 0 Å². The third kappa shape index (κ3) is 2.96. The molecule has 1 saturated carbocycles. The Morgan fingerprint density at radius 2 is 2.15 bits per heavy atom. The largest absolute Gasteiger partial charge is 0.393 e. The molecule has 0 aromatic rings. The summed E-state index contributed by atoms with van der Waals surface area (Å²) in [7, 11) is 0. The summed E-state index contributed by atoms with van der Waals surface area (Å²) in [5.74, 6) is 0. The third-order valence-corrected chi connectivity index (χ3v) is 3.19. The average molecular weight is 185 g/mol. The van der Waals surface area contributed by atoms with E-state index in [1.54, 1.807) is 0 Å². The lowest BCUT2D eigenvalue weighted by molar-refractivity contribution is 0.000327. The Bertz CT molecular complexity index is 158. The van der Waals surface area contributed by atoms with E-state index in [0.717, 1.165) is 19.4 Å². The van der Waals surface area contributed by atoms with Crippen molar-refractivity contribution < 1.29 is 5.11 Å². The molecule has 1 fully saturated rings. The number of rotatable bonds is 3. The highest BCUT2D eigenvalue weighted by Crippen LogP contribution is 2.35. The van der Waals surface area contributed by atoms with E-state index >= 15 is 0 Å². The van der Waals surface area contributed by atoms with Crippen LogP contribution in [0.25, 0.3) is 0 Å². The molecule has 78 valence electrons. The van der Waals surface area contributed by atoms with Gasteiger partial charge in [0, 0.05) is 18.0 Å². The summed E-state index contributed by atoms with van der Waals surface area (Å²) in [6.45, 7) is 7.45. The molecule has 1 aliphatic rings. The minimum atomic E-state index is -0.104. The lowest BCUT2D eigenvalue weighted by Gasteiger charge is -2.39. The van der Waals surface area contributed by atoms with E-state index in [-0.39, 0.29) is 11.5 Å². The van der Waals surface area contributed by atoms with Crippen LogP contribution in [0.4, 0.5) is 0 Å². The number of nitrogens with one attached hydrogen (secondary N) is 1. The monoisotopic (exact) mass is 185 g/mol. The Morgan fingerprint density at radius 1 is 1.46 bits per heavy atom. The first-order valence-electron chi connectivity index (χ1n) is 5.46. The summed E-state index contributed by atoms with van der Waals surface area (Å²) in [6, 6.07) is 0.519. The maximum absolute atomic E-state index is 9.90. The van der Waals surface area contributed by atoms with Crippen LogP contribution in [-0.2, 0) is 0 Å². The molecule has 0 radical (unpaired) electrons. The lowest BCUT2D eigenvalue weighted by atomic mass is 9.73. The average Bonchev–Trinajstić information content (AvgIpc) is 2.07. The Hall–Kier alpha value is -0.0800. The second kappa shape index (κ2) is 4.43. The highest BCUT2D eigenvalue weighted by molar-refractivity contribution is 4.88. The SMILES string of the molecule is CC(C)NCC1(C)CCCCC1O. The van der Waals surface area contributed by atoms with E-state index in [1.165, 1.54) is 12.8 Å². The fourth-order valence-corrected chi connectivity index (χ4v) is 2.03. The van der Waals surface area contributed by atoms with Gasteiger partial charge in [-0.05, 0) is 12.8 Å². The van der Waals surface area contributed by atoms with E-state index in [1.807, 2.05) is 0 Å². The second-order valence-electron chi connectivity index (χ2n) is 4.95. The van der Waals surface area contributed by atoms with Crippen LogP contribution in [0.5, 0.6) is 0 Å². The van der Waals surface area contributed by atoms with Crippen molar-refractivity contribution >= 4 is 0 Å². The summed E-state index contributed by atoms with van der Waals surface area (Å²) >= 11 is 0. The number of hydrogen-bond donors (Lipinski definition) is 2. The molecule has 2 nitrogen and oxygen atoms in total. The van der Waals surface area contributed by atoms with Crippen LogP contribution in [0, 0.1) is 5.41 Å². The standard InChI is InChI=1S/C11H23NO/c1-9(2)12-8-11(3)7-5-4-6-10(11)13/h9-10,12-13H,4-8H2,1-3H3. The molecule has 1 aliphatic carbocycles. The molecule has 2 atom stereocenters. The first kappa shape index (κ1) is 11.0. The summed E-state index contributed by atoms with van der Waals surface area (Å²) in [5, 5.41) is 13.3. The zero-order valence-corrected chi connectivity index (χ0v) is 9.14. The Morgan fingerprint density at radius 3 is 2.69 bits per heavy atom. The molecule has 0 amide bonds. The van der Waals surface area contributed by atoms with Gasteiger partial charge in [0.15, 0.2) is 0 Å². The first-order valence-corrected chi connectivity index (χ1v) is 5.46. The highest BCUT2D eigenvalue weighted by Gasteiger charge is 2.34.